The van der Waals surface area contributed by atoms with Crippen LogP contribution in [0.5, 0.6) is 0 Å². The van der Waals surface area contributed by atoms with Crippen molar-refractivity contribution in [3.05, 3.63) is 0 Å². The molecule has 2 heterocycles. The van der Waals surface area contributed by atoms with E-state index in [1.807, 2.05) is 0 Å². The minimum atomic E-state index is 0.379. The number of nitrogens with one attached hydrogen (secondary N) is 1. The highest BCUT2D eigenvalue weighted by Crippen LogP contribution is 2.34. The van der Waals surface area contributed by atoms with Crippen LogP contribution in [-0.2, 0) is 4.79 Å². The molecule has 1 amide bonds. The van der Waals surface area contributed by atoms with Gasteiger partial charge in [-0.05, 0) is 50.0 Å². The van der Waals surface area contributed by atoms with Gasteiger partial charge in [-0.15, -0.1) is 0 Å². The third-order valence-corrected chi connectivity index (χ3v) is 5.19. The molecule has 2 saturated heterocycles. The minimum absolute atomic E-state index is 0.379. The minimum Gasteiger partial charge on any atom is -0.343 e. The smallest absolute Gasteiger partial charge is 0.222 e. The maximum Gasteiger partial charge on any atom is 0.222 e. The fourth-order valence-electron chi connectivity index (χ4n) is 3.62. The van der Waals surface area contributed by atoms with Crippen molar-refractivity contribution in [3.8, 4) is 0 Å². The van der Waals surface area contributed by atoms with Crippen molar-refractivity contribution < 1.29 is 4.79 Å². The summed E-state index contributed by atoms with van der Waals surface area (Å²) in [5, 5.41) is 3.53. The van der Waals surface area contributed by atoms with Gasteiger partial charge in [0, 0.05) is 25.6 Å². The average molecular weight is 280 g/mol. The highest BCUT2D eigenvalue weighted by atomic mass is 16.2. The summed E-state index contributed by atoms with van der Waals surface area (Å²) in [6, 6.07) is 0.583. The van der Waals surface area contributed by atoms with Crippen LogP contribution in [-0.4, -0.2) is 36.5 Å². The molecule has 0 saturated carbocycles. The molecule has 2 aliphatic heterocycles. The first kappa shape index (κ1) is 15.8. The standard InChI is InChI=1S/C17H32N2O/c1-17(2,3)14-9-12-19(13-10-14)16(20)8-7-15-6-4-5-11-18-15/h14-15,18H,4-13H2,1-3H3. The zero-order valence-electron chi connectivity index (χ0n) is 13.6. The van der Waals surface area contributed by atoms with Gasteiger partial charge in [-0.1, -0.05) is 27.2 Å². The van der Waals surface area contributed by atoms with E-state index in [0.29, 0.717) is 17.4 Å². The van der Waals surface area contributed by atoms with Gasteiger partial charge in [0.2, 0.25) is 5.91 Å². The highest BCUT2D eigenvalue weighted by molar-refractivity contribution is 5.76. The Hall–Kier alpha value is -0.570. The van der Waals surface area contributed by atoms with Crippen LogP contribution >= 0.6 is 0 Å². The normalized spacial score (nSPS) is 25.8. The molecule has 0 aromatic heterocycles. The molecule has 2 rings (SSSR count). The van der Waals surface area contributed by atoms with Crippen molar-refractivity contribution in [2.75, 3.05) is 19.6 Å². The topological polar surface area (TPSA) is 32.3 Å². The van der Waals surface area contributed by atoms with E-state index in [0.717, 1.165) is 38.4 Å². The van der Waals surface area contributed by atoms with Crippen LogP contribution in [0.2, 0.25) is 0 Å². The second-order valence-electron chi connectivity index (χ2n) is 7.71. The maximum atomic E-state index is 12.3. The van der Waals surface area contributed by atoms with E-state index < -0.39 is 0 Å². The lowest BCUT2D eigenvalue weighted by atomic mass is 9.75. The molecule has 1 atom stereocenters. The molecule has 1 N–H and O–H groups in total. The van der Waals surface area contributed by atoms with Crippen LogP contribution in [0.3, 0.4) is 0 Å². The molecule has 0 aromatic rings. The Morgan fingerprint density at radius 3 is 2.40 bits per heavy atom. The van der Waals surface area contributed by atoms with E-state index >= 15 is 0 Å². The van der Waals surface area contributed by atoms with Gasteiger partial charge >= 0.3 is 0 Å². The summed E-state index contributed by atoms with van der Waals surface area (Å²) in [6.07, 6.45) is 7.98. The molecule has 2 aliphatic rings. The van der Waals surface area contributed by atoms with Gasteiger partial charge in [0.25, 0.3) is 0 Å². The molecular weight excluding hydrogens is 248 g/mol. The van der Waals surface area contributed by atoms with Crippen molar-refractivity contribution in [3.63, 3.8) is 0 Å². The zero-order valence-corrected chi connectivity index (χ0v) is 13.6. The van der Waals surface area contributed by atoms with Crippen LogP contribution in [0.1, 0.15) is 65.7 Å². The molecule has 1 unspecified atom stereocenters. The third kappa shape index (κ3) is 4.47. The van der Waals surface area contributed by atoms with E-state index in [-0.39, 0.29) is 0 Å². The van der Waals surface area contributed by atoms with Crippen LogP contribution in [0.25, 0.3) is 0 Å². The zero-order chi connectivity index (χ0) is 14.6. The number of hydrogen-bond acceptors (Lipinski definition) is 2. The van der Waals surface area contributed by atoms with Crippen LogP contribution < -0.4 is 5.32 Å². The number of nitrogens with zero attached hydrogens (tertiary/aromatic N) is 1. The number of rotatable bonds is 3. The molecular formula is C17H32N2O. The lowest BCUT2D eigenvalue weighted by Crippen LogP contribution is -2.42. The Bertz CT molecular complexity index is 307. The third-order valence-electron chi connectivity index (χ3n) is 5.19. The summed E-state index contributed by atoms with van der Waals surface area (Å²) < 4.78 is 0. The van der Waals surface area contributed by atoms with Gasteiger partial charge < -0.3 is 10.2 Å². The summed E-state index contributed by atoms with van der Waals surface area (Å²) >= 11 is 0. The Kier molecular flexibility index (Phi) is 5.48. The summed E-state index contributed by atoms with van der Waals surface area (Å²) in [5.41, 5.74) is 0.390. The van der Waals surface area contributed by atoms with Gasteiger partial charge in [-0.2, -0.15) is 0 Å². The Labute approximate surface area is 124 Å². The number of carbonyl (C=O) groups excluding carboxylic acids is 1. The maximum absolute atomic E-state index is 12.3. The van der Waals surface area contributed by atoms with E-state index in [4.69, 9.17) is 0 Å². The van der Waals surface area contributed by atoms with Crippen molar-refractivity contribution >= 4 is 5.91 Å². The SMILES string of the molecule is CC(C)(C)C1CCN(C(=O)CCC2CCCCN2)CC1. The van der Waals surface area contributed by atoms with Crippen molar-refractivity contribution in [2.45, 2.75) is 71.8 Å². The fourth-order valence-corrected chi connectivity index (χ4v) is 3.62. The first-order valence-corrected chi connectivity index (χ1v) is 8.48. The second kappa shape index (κ2) is 6.93. The Balaban J connectivity index is 1.69. The van der Waals surface area contributed by atoms with Gasteiger partial charge in [0.05, 0.1) is 0 Å². The van der Waals surface area contributed by atoms with Gasteiger partial charge in [0.15, 0.2) is 0 Å². The molecule has 20 heavy (non-hydrogen) atoms. The average Bonchev–Trinajstić information content (AvgIpc) is 2.45. The molecule has 0 radical (unpaired) electrons. The predicted octanol–water partition coefficient (Wildman–Crippen LogP) is 3.19. The second-order valence-corrected chi connectivity index (χ2v) is 7.71. The first-order chi connectivity index (χ1) is 9.47. The van der Waals surface area contributed by atoms with Crippen molar-refractivity contribution in [2.24, 2.45) is 11.3 Å². The number of likely N-dealkylation sites (tertiary alicyclic amines) is 1. The molecule has 0 bridgehead atoms. The van der Waals surface area contributed by atoms with E-state index in [2.05, 4.69) is 31.0 Å². The number of amides is 1. The molecule has 2 fully saturated rings. The number of carbonyl (C=O) groups is 1. The summed E-state index contributed by atoms with van der Waals surface area (Å²) in [4.78, 5) is 14.4. The van der Waals surface area contributed by atoms with Crippen LogP contribution in [0.15, 0.2) is 0 Å². The van der Waals surface area contributed by atoms with Crippen molar-refractivity contribution in [1.82, 2.24) is 10.2 Å². The summed E-state index contributed by atoms with van der Waals surface area (Å²) in [7, 11) is 0. The largest absolute Gasteiger partial charge is 0.343 e. The number of piperidine rings is 2. The van der Waals surface area contributed by atoms with E-state index in [1.54, 1.807) is 0 Å². The molecule has 3 nitrogen and oxygen atoms in total. The molecule has 0 spiro atoms. The van der Waals surface area contributed by atoms with Crippen molar-refractivity contribution in [1.29, 1.82) is 0 Å². The molecule has 116 valence electrons. The number of hydrogen-bond donors (Lipinski definition) is 1. The molecule has 0 aromatic carbocycles. The molecule has 3 heteroatoms. The van der Waals surface area contributed by atoms with Crippen LogP contribution in [0.4, 0.5) is 0 Å². The lowest BCUT2D eigenvalue weighted by Gasteiger charge is -2.39. The quantitative estimate of drug-likeness (QED) is 0.861. The monoisotopic (exact) mass is 280 g/mol. The van der Waals surface area contributed by atoms with Crippen LogP contribution in [0, 0.1) is 11.3 Å². The summed E-state index contributed by atoms with van der Waals surface area (Å²) in [5.74, 6) is 1.15. The summed E-state index contributed by atoms with van der Waals surface area (Å²) in [6.45, 7) is 10.0. The van der Waals surface area contributed by atoms with Gasteiger partial charge in [-0.3, -0.25) is 4.79 Å². The fraction of sp³-hybridized carbons (Fsp3) is 0.941. The van der Waals surface area contributed by atoms with Gasteiger partial charge in [-0.25, -0.2) is 0 Å². The lowest BCUT2D eigenvalue weighted by molar-refractivity contribution is -0.133. The van der Waals surface area contributed by atoms with Gasteiger partial charge in [0.1, 0.15) is 0 Å². The molecule has 0 aliphatic carbocycles. The predicted molar refractivity (Wildman–Crippen MR) is 83.6 cm³/mol. The van der Waals surface area contributed by atoms with E-state index in [1.165, 1.54) is 32.1 Å². The highest BCUT2D eigenvalue weighted by Gasteiger charge is 2.30. The first-order valence-electron chi connectivity index (χ1n) is 8.48. The van der Waals surface area contributed by atoms with E-state index in [9.17, 15) is 4.79 Å². The Morgan fingerprint density at radius 1 is 1.15 bits per heavy atom. The Morgan fingerprint density at radius 2 is 1.85 bits per heavy atom.